The van der Waals surface area contributed by atoms with Crippen LogP contribution >= 0.6 is 0 Å². The zero-order valence-corrected chi connectivity index (χ0v) is 48.9. The number of ketones is 1. The average molecular weight is 1150 g/mol. The Morgan fingerprint density at radius 3 is 1.51 bits per heavy atom. The molecule has 0 aliphatic rings. The fraction of sp³-hybridized carbons (Fsp3) is 0.547. The van der Waals surface area contributed by atoms with Crippen LogP contribution in [0.2, 0.25) is 0 Å². The van der Waals surface area contributed by atoms with Gasteiger partial charge in [-0.25, -0.2) is 4.79 Å². The van der Waals surface area contributed by atoms with Crippen LogP contribution in [-0.4, -0.2) is 166 Å². The lowest BCUT2D eigenvalue weighted by Crippen LogP contribution is -2.32. The lowest BCUT2D eigenvalue weighted by atomic mass is 9.88. The molecule has 0 aromatic heterocycles. The second-order valence-corrected chi connectivity index (χ2v) is 20.7. The van der Waals surface area contributed by atoms with Crippen molar-refractivity contribution in [2.75, 3.05) is 13.7 Å². The Hall–Kier alpha value is -5.45. The van der Waals surface area contributed by atoms with Crippen molar-refractivity contribution in [1.29, 1.82) is 0 Å². The second kappa shape index (κ2) is 48.0. The molecular formula is C64H101N3O15. The van der Waals surface area contributed by atoms with Gasteiger partial charge in [0, 0.05) is 55.6 Å². The number of carbonyl (C=O) groups excluding carboxylic acids is 2. The van der Waals surface area contributed by atoms with Crippen LogP contribution in [0.25, 0.3) is 0 Å². The summed E-state index contributed by atoms with van der Waals surface area (Å²) in [5.74, 6) is -2.03. The van der Waals surface area contributed by atoms with Crippen molar-refractivity contribution in [2.24, 2.45) is 34.2 Å². The van der Waals surface area contributed by atoms with Gasteiger partial charge >= 0.3 is 5.97 Å². The molecule has 0 rings (SSSR count). The minimum atomic E-state index is -1.17. The number of Topliss-reactive ketones (excluding diaryl/α,β-unsaturated/α-hetero) is 1. The molecule has 18 heteroatoms. The Bertz CT molecular complexity index is 2150. The normalized spacial score (nSPS) is 19.0. The molecule has 0 aromatic carbocycles. The molecule has 82 heavy (non-hydrogen) atoms. The van der Waals surface area contributed by atoms with Gasteiger partial charge < -0.3 is 77.5 Å². The monoisotopic (exact) mass is 1150 g/mol. The third-order valence-electron chi connectivity index (χ3n) is 13.0. The number of unbranched alkanes of at least 4 members (excludes halogenated alkanes) is 1. The van der Waals surface area contributed by atoms with E-state index in [9.17, 15) is 70.9 Å². The number of aliphatic hydroxyl groups excluding tert-OH is 12. The molecule has 462 valence electrons. The van der Waals surface area contributed by atoms with Crippen LogP contribution in [0.3, 0.4) is 0 Å². The molecule has 0 fully saturated rings. The van der Waals surface area contributed by atoms with Crippen molar-refractivity contribution in [3.63, 3.8) is 0 Å². The van der Waals surface area contributed by atoms with Crippen LogP contribution in [0.1, 0.15) is 118 Å². The maximum atomic E-state index is 12.8. The van der Waals surface area contributed by atoms with Crippen LogP contribution < -0.4 is 11.5 Å². The van der Waals surface area contributed by atoms with Gasteiger partial charge in [0.25, 0.3) is 0 Å². The summed E-state index contributed by atoms with van der Waals surface area (Å²) < 4.78 is 4.65. The molecule has 0 aromatic rings. The summed E-state index contributed by atoms with van der Waals surface area (Å²) >= 11 is 0. The predicted octanol–water partition coefficient (Wildman–Crippen LogP) is 5.32. The fourth-order valence-electron chi connectivity index (χ4n) is 7.97. The molecule has 0 aliphatic carbocycles. The Morgan fingerprint density at radius 1 is 0.500 bits per heavy atom. The van der Waals surface area contributed by atoms with Gasteiger partial charge in [-0.2, -0.15) is 0 Å². The van der Waals surface area contributed by atoms with Crippen molar-refractivity contribution in [3.05, 3.63) is 157 Å². The number of nitrogens with two attached hydrogens (primary N) is 2. The van der Waals surface area contributed by atoms with E-state index < -0.39 is 79.2 Å². The number of hydrogen-bond donors (Lipinski definition) is 14. The van der Waals surface area contributed by atoms with Crippen LogP contribution in [0.4, 0.5) is 0 Å². The summed E-state index contributed by atoms with van der Waals surface area (Å²) in [5, 5.41) is 125. The number of carbonyl (C=O) groups is 2. The summed E-state index contributed by atoms with van der Waals surface area (Å²) in [7, 11) is 1.34. The first-order valence-corrected chi connectivity index (χ1v) is 28.5. The Morgan fingerprint density at radius 2 is 0.963 bits per heavy atom. The quantitative estimate of drug-likeness (QED) is 0.00697. The molecule has 0 saturated heterocycles. The van der Waals surface area contributed by atoms with E-state index in [0.29, 0.717) is 25.0 Å². The van der Waals surface area contributed by atoms with E-state index in [1.54, 1.807) is 74.6 Å². The molecule has 0 heterocycles. The number of guanidine groups is 1. The molecule has 0 amide bonds. The van der Waals surface area contributed by atoms with E-state index in [2.05, 4.69) is 9.73 Å². The van der Waals surface area contributed by atoms with Gasteiger partial charge in [-0.05, 0) is 71.1 Å². The Kier molecular flexibility index (Phi) is 44.8. The van der Waals surface area contributed by atoms with Crippen LogP contribution in [0.15, 0.2) is 162 Å². The molecule has 15 unspecified atom stereocenters. The summed E-state index contributed by atoms with van der Waals surface area (Å²) in [5.41, 5.74) is 11.1. The topological polar surface area (TPSA) is 351 Å². The fourth-order valence-corrected chi connectivity index (χ4v) is 7.97. The van der Waals surface area contributed by atoms with E-state index in [4.69, 9.17) is 11.5 Å². The van der Waals surface area contributed by atoms with Crippen LogP contribution in [0, 0.1) is 17.8 Å². The molecule has 15 atom stereocenters. The summed E-state index contributed by atoms with van der Waals surface area (Å²) in [6.07, 6.45) is 34.7. The first-order chi connectivity index (χ1) is 39.0. The number of ether oxygens (including phenoxy) is 1. The maximum absolute atomic E-state index is 12.8. The zero-order chi connectivity index (χ0) is 61.7. The van der Waals surface area contributed by atoms with Gasteiger partial charge in [0.2, 0.25) is 0 Å². The Balaban J connectivity index is 4.49. The van der Waals surface area contributed by atoms with Crippen molar-refractivity contribution in [1.82, 2.24) is 0 Å². The van der Waals surface area contributed by atoms with Gasteiger partial charge in [0.1, 0.15) is 5.78 Å². The third-order valence-corrected chi connectivity index (χ3v) is 13.0. The number of nitrogens with zero attached hydrogens (tertiary/aromatic N) is 1. The molecular weight excluding hydrogens is 1050 g/mol. The van der Waals surface area contributed by atoms with Crippen molar-refractivity contribution >= 4 is 17.7 Å². The van der Waals surface area contributed by atoms with E-state index in [-0.39, 0.29) is 93.8 Å². The van der Waals surface area contributed by atoms with Gasteiger partial charge in [0.15, 0.2) is 5.96 Å². The first kappa shape index (κ1) is 76.5. The number of rotatable bonds is 45. The molecule has 0 bridgehead atoms. The second-order valence-electron chi connectivity index (χ2n) is 20.7. The van der Waals surface area contributed by atoms with E-state index in [0.717, 1.165) is 12.8 Å². The first-order valence-electron chi connectivity index (χ1n) is 28.5. The Labute approximate surface area is 487 Å². The third kappa shape index (κ3) is 42.4. The molecule has 0 spiro atoms. The molecule has 18 nitrogen and oxygen atoms in total. The van der Waals surface area contributed by atoms with Crippen molar-refractivity contribution < 1.29 is 75.6 Å². The molecule has 0 radical (unpaired) electrons. The lowest BCUT2D eigenvalue weighted by molar-refractivity contribution is -0.136. The molecule has 0 saturated carbocycles. The number of hydrogen-bond acceptors (Lipinski definition) is 16. The van der Waals surface area contributed by atoms with Crippen LogP contribution in [0.5, 0.6) is 0 Å². The zero-order valence-electron chi connectivity index (χ0n) is 48.9. The largest absolute Gasteiger partial charge is 0.466 e. The summed E-state index contributed by atoms with van der Waals surface area (Å²) in [4.78, 5) is 28.0. The van der Waals surface area contributed by atoms with E-state index >= 15 is 0 Å². The standard InChI is InChI=1S/C64H101N3O15/c1-46(28-20-16-12-11-13-17-21-29-47(2)63(81)82-5)62(80)49(4)60(78)38-23-19-15-10-8-6-7-9-14-18-22-37-59(77)48(3)61(79)45-58(76)44-55(73)35-26-34-54(72)43-57(75)42-53(71)33-25-32-51(69)40-50(68)30-24-31-52(70)41-56(74)36-27-39-67-64(65)66/h6-11,13-15,17-26,28-30,33,35,38,46,48-60,62,68-78,80H,12,16,27,31-32,34,36-37,39-45H2,1-5H3,(H4,65,66,67)/b7-6+,10-8+,13-11+,14-9+,19-15+,21-17+,22-18+,28-20+,30-24+,33-25+,35-26+,38-23+,47-29+. The smallest absolute Gasteiger partial charge is 0.333 e. The minimum absolute atomic E-state index is 0.00455. The predicted molar refractivity (Wildman–Crippen MR) is 325 cm³/mol. The number of esters is 1. The van der Waals surface area contributed by atoms with Gasteiger partial charge in [-0.1, -0.05) is 173 Å². The van der Waals surface area contributed by atoms with Gasteiger partial charge in [-0.3, -0.25) is 9.79 Å². The van der Waals surface area contributed by atoms with E-state index in [1.165, 1.54) is 37.5 Å². The van der Waals surface area contributed by atoms with Crippen molar-refractivity contribution in [2.45, 2.75) is 191 Å². The summed E-state index contributed by atoms with van der Waals surface area (Å²) in [6, 6.07) is 0. The number of methoxy groups -OCH3 is 1. The maximum Gasteiger partial charge on any atom is 0.333 e. The van der Waals surface area contributed by atoms with E-state index in [1.807, 2.05) is 74.6 Å². The highest BCUT2D eigenvalue weighted by atomic mass is 16.5. The van der Waals surface area contributed by atoms with Gasteiger partial charge in [0.05, 0.1) is 80.4 Å². The summed E-state index contributed by atoms with van der Waals surface area (Å²) in [6.45, 7) is 7.37. The number of allylic oxidation sites excluding steroid dienone is 16. The van der Waals surface area contributed by atoms with Crippen molar-refractivity contribution in [3.8, 4) is 0 Å². The van der Waals surface area contributed by atoms with Crippen LogP contribution in [-0.2, 0) is 14.3 Å². The SMILES string of the molecule is COC(=O)/C(C)=C/C=C/C=C/CC/C=C/C(C)C(O)C(C)C(O)/C=C/C=C/C=C/C=C/C=C/C=C/CC(O)C(C)C(=O)CC(O)CC(O)/C=C/CC(O)CC(O)CC(O)/C=C/CC(O)CC(O)/C=C/CC(O)CC(O)CCCN=C(N)N. The number of aliphatic imine (C=N–C) groups is 1. The van der Waals surface area contributed by atoms with Gasteiger partial charge in [-0.15, -0.1) is 0 Å². The number of aliphatic hydroxyl groups is 12. The molecule has 16 N–H and O–H groups in total. The average Bonchev–Trinajstić information content (AvgIpc) is 3.41. The lowest BCUT2D eigenvalue weighted by Gasteiger charge is -2.25. The highest BCUT2D eigenvalue weighted by Gasteiger charge is 2.25. The molecule has 0 aliphatic heterocycles. The highest BCUT2D eigenvalue weighted by Crippen LogP contribution is 2.20. The highest BCUT2D eigenvalue weighted by molar-refractivity contribution is 5.88. The minimum Gasteiger partial charge on any atom is -0.466 e.